The molecule has 0 aliphatic heterocycles. The lowest BCUT2D eigenvalue weighted by molar-refractivity contribution is -0.138. The predicted molar refractivity (Wildman–Crippen MR) is 43.8 cm³/mol. The van der Waals surface area contributed by atoms with Gasteiger partial charge in [-0.25, -0.2) is 0 Å². The Hall–Kier alpha value is -0.710. The van der Waals surface area contributed by atoms with Crippen LogP contribution >= 0.6 is 11.8 Å². The molecule has 0 radical (unpaired) electrons. The number of nitrogens with one attached hydrogen (secondary N) is 1. The Labute approximate surface area is 69.4 Å². The van der Waals surface area contributed by atoms with Crippen molar-refractivity contribution in [3.8, 4) is 0 Å². The summed E-state index contributed by atoms with van der Waals surface area (Å²) in [6.45, 7) is 3.26. The molecule has 4 nitrogen and oxygen atoms in total. The molecule has 1 atom stereocenters. The molecular formula is C6H11NO3S. The molecule has 64 valence electrons. The summed E-state index contributed by atoms with van der Waals surface area (Å²) in [5.41, 5.74) is 0. The van der Waals surface area contributed by atoms with Crippen LogP contribution in [0.5, 0.6) is 0 Å². The van der Waals surface area contributed by atoms with Crippen LogP contribution in [-0.2, 0) is 4.79 Å². The van der Waals surface area contributed by atoms with Crippen LogP contribution in [0.3, 0.4) is 0 Å². The molecule has 2 N–H and O–H groups in total. The highest BCUT2D eigenvalue weighted by Crippen LogP contribution is 2.00. The quantitative estimate of drug-likeness (QED) is 0.672. The van der Waals surface area contributed by atoms with E-state index in [0.717, 1.165) is 11.8 Å². The zero-order chi connectivity index (χ0) is 8.85. The second kappa shape index (κ2) is 5.01. The monoisotopic (exact) mass is 177 g/mol. The molecule has 1 amide bonds. The first-order valence-corrected chi connectivity index (χ1v) is 4.22. The number of amides is 1. The van der Waals surface area contributed by atoms with Crippen molar-refractivity contribution in [3.63, 3.8) is 0 Å². The predicted octanol–water partition coefficient (Wildman–Crippen LogP) is 0.922. The number of aliphatic carboxylic acids is 1. The Morgan fingerprint density at radius 3 is 2.55 bits per heavy atom. The van der Waals surface area contributed by atoms with Gasteiger partial charge in [-0.2, -0.15) is 0 Å². The molecule has 0 rings (SSSR count). The molecule has 0 aromatic rings. The first-order valence-electron chi connectivity index (χ1n) is 3.24. The van der Waals surface area contributed by atoms with Crippen LogP contribution in [0.2, 0.25) is 0 Å². The topological polar surface area (TPSA) is 66.4 Å². The van der Waals surface area contributed by atoms with Crippen LogP contribution in [0.25, 0.3) is 0 Å². The summed E-state index contributed by atoms with van der Waals surface area (Å²) in [6, 6.07) is -0.804. The van der Waals surface area contributed by atoms with E-state index in [1.165, 1.54) is 6.92 Å². The highest BCUT2D eigenvalue weighted by Gasteiger charge is 2.12. The molecular weight excluding hydrogens is 166 g/mol. The first kappa shape index (κ1) is 10.3. The molecule has 0 saturated heterocycles. The number of hydrogen-bond donors (Lipinski definition) is 2. The lowest BCUT2D eigenvalue weighted by atomic mass is 10.4. The van der Waals surface area contributed by atoms with Crippen LogP contribution in [0.4, 0.5) is 4.79 Å². The third-order valence-electron chi connectivity index (χ3n) is 0.980. The SMILES string of the molecule is CCSC(=O)NC(C)C(=O)O. The molecule has 0 fully saturated rings. The zero-order valence-corrected chi connectivity index (χ0v) is 7.27. The fraction of sp³-hybridized carbons (Fsp3) is 0.667. The molecule has 1 unspecified atom stereocenters. The number of rotatable bonds is 3. The van der Waals surface area contributed by atoms with E-state index in [2.05, 4.69) is 5.32 Å². The molecule has 11 heavy (non-hydrogen) atoms. The number of thioether (sulfide) groups is 1. The fourth-order valence-electron chi connectivity index (χ4n) is 0.411. The second-order valence-electron chi connectivity index (χ2n) is 1.92. The van der Waals surface area contributed by atoms with E-state index in [4.69, 9.17) is 5.11 Å². The van der Waals surface area contributed by atoms with Crippen molar-refractivity contribution in [2.24, 2.45) is 0 Å². The number of carboxylic acids is 1. The highest BCUT2D eigenvalue weighted by molar-refractivity contribution is 8.13. The van der Waals surface area contributed by atoms with Crippen molar-refractivity contribution in [1.29, 1.82) is 0 Å². The summed E-state index contributed by atoms with van der Waals surface area (Å²) in [7, 11) is 0. The van der Waals surface area contributed by atoms with Crippen molar-refractivity contribution in [2.75, 3.05) is 5.75 Å². The van der Waals surface area contributed by atoms with Gasteiger partial charge >= 0.3 is 5.97 Å². The van der Waals surface area contributed by atoms with Crippen LogP contribution < -0.4 is 5.32 Å². The minimum Gasteiger partial charge on any atom is -0.480 e. The van der Waals surface area contributed by atoms with Gasteiger partial charge in [-0.15, -0.1) is 0 Å². The Morgan fingerprint density at radius 1 is 1.64 bits per heavy atom. The van der Waals surface area contributed by atoms with Gasteiger partial charge in [0.1, 0.15) is 6.04 Å². The Balaban J connectivity index is 3.66. The van der Waals surface area contributed by atoms with E-state index < -0.39 is 12.0 Å². The fourth-order valence-corrected chi connectivity index (χ4v) is 0.934. The van der Waals surface area contributed by atoms with Gasteiger partial charge in [0.2, 0.25) is 0 Å². The van der Waals surface area contributed by atoms with E-state index in [1.54, 1.807) is 0 Å². The normalized spacial score (nSPS) is 12.2. The van der Waals surface area contributed by atoms with Gasteiger partial charge in [-0.1, -0.05) is 18.7 Å². The van der Waals surface area contributed by atoms with Crippen molar-refractivity contribution < 1.29 is 14.7 Å². The summed E-state index contributed by atoms with van der Waals surface area (Å²) in [4.78, 5) is 21.0. The van der Waals surface area contributed by atoms with E-state index in [1.807, 2.05) is 6.92 Å². The van der Waals surface area contributed by atoms with Crippen molar-refractivity contribution in [3.05, 3.63) is 0 Å². The molecule has 0 aromatic heterocycles. The number of hydrogen-bond acceptors (Lipinski definition) is 3. The Bertz CT molecular complexity index is 160. The summed E-state index contributed by atoms with van der Waals surface area (Å²) >= 11 is 1.06. The van der Waals surface area contributed by atoms with Crippen LogP contribution in [0, 0.1) is 0 Å². The smallest absolute Gasteiger partial charge is 0.325 e. The van der Waals surface area contributed by atoms with Gasteiger partial charge in [-0.3, -0.25) is 9.59 Å². The lowest BCUT2D eigenvalue weighted by Crippen LogP contribution is -2.36. The molecule has 0 bridgehead atoms. The Kier molecular flexibility index (Phi) is 4.69. The van der Waals surface area contributed by atoms with E-state index >= 15 is 0 Å². The zero-order valence-electron chi connectivity index (χ0n) is 6.46. The van der Waals surface area contributed by atoms with Gasteiger partial charge in [0.15, 0.2) is 0 Å². The number of carbonyl (C=O) groups excluding carboxylic acids is 1. The maximum atomic E-state index is 10.7. The summed E-state index contributed by atoms with van der Waals surface area (Å²) in [5.74, 6) is -0.368. The summed E-state index contributed by atoms with van der Waals surface area (Å²) < 4.78 is 0. The average molecular weight is 177 g/mol. The van der Waals surface area contributed by atoms with Crippen molar-refractivity contribution >= 4 is 23.0 Å². The summed E-state index contributed by atoms with van der Waals surface area (Å²) in [5, 5.41) is 10.4. The van der Waals surface area contributed by atoms with Gasteiger partial charge in [0, 0.05) is 0 Å². The number of carboxylic acid groups (broad SMARTS) is 1. The van der Waals surface area contributed by atoms with Crippen LogP contribution in [-0.4, -0.2) is 28.1 Å². The van der Waals surface area contributed by atoms with Crippen LogP contribution in [0.15, 0.2) is 0 Å². The molecule has 0 spiro atoms. The molecule has 0 heterocycles. The lowest BCUT2D eigenvalue weighted by Gasteiger charge is -2.06. The second-order valence-corrected chi connectivity index (χ2v) is 3.16. The van der Waals surface area contributed by atoms with Gasteiger partial charge in [-0.05, 0) is 12.7 Å². The third-order valence-corrected chi connectivity index (χ3v) is 1.65. The highest BCUT2D eigenvalue weighted by atomic mass is 32.2. The van der Waals surface area contributed by atoms with Crippen molar-refractivity contribution in [2.45, 2.75) is 19.9 Å². The maximum absolute atomic E-state index is 10.7. The minimum atomic E-state index is -1.02. The summed E-state index contributed by atoms with van der Waals surface area (Å²) in [6.07, 6.45) is 0. The average Bonchev–Trinajstić information content (AvgIpc) is 1.87. The standard InChI is InChI=1S/C6H11NO3S/c1-3-11-6(10)7-4(2)5(8)9/h4H,3H2,1-2H3,(H,7,10)(H,8,9). The minimum absolute atomic E-state index is 0.289. The van der Waals surface area contributed by atoms with Gasteiger partial charge in [0.05, 0.1) is 0 Å². The molecule has 0 saturated carbocycles. The molecule has 0 aliphatic rings. The first-order chi connectivity index (χ1) is 5.07. The van der Waals surface area contributed by atoms with Gasteiger partial charge in [0.25, 0.3) is 5.24 Å². The van der Waals surface area contributed by atoms with E-state index in [0.29, 0.717) is 5.75 Å². The molecule has 5 heteroatoms. The largest absolute Gasteiger partial charge is 0.480 e. The Morgan fingerprint density at radius 2 is 2.18 bits per heavy atom. The molecule has 0 aliphatic carbocycles. The molecule has 0 aromatic carbocycles. The third kappa shape index (κ3) is 4.66. The van der Waals surface area contributed by atoms with Crippen LogP contribution in [0.1, 0.15) is 13.8 Å². The van der Waals surface area contributed by atoms with Crippen molar-refractivity contribution in [1.82, 2.24) is 5.32 Å². The number of carbonyl (C=O) groups is 2. The van der Waals surface area contributed by atoms with Gasteiger partial charge < -0.3 is 10.4 Å². The van der Waals surface area contributed by atoms with E-state index in [-0.39, 0.29) is 5.24 Å². The maximum Gasteiger partial charge on any atom is 0.325 e. The van der Waals surface area contributed by atoms with E-state index in [9.17, 15) is 9.59 Å².